The van der Waals surface area contributed by atoms with Crippen molar-refractivity contribution in [2.24, 2.45) is 0 Å². The molecule has 2 aliphatic heterocycles. The maximum atomic E-state index is 13.6. The van der Waals surface area contributed by atoms with Crippen LogP contribution in [0.1, 0.15) is 59.2 Å². The Balaban J connectivity index is 1.15. The lowest BCUT2D eigenvalue weighted by atomic mass is 9.94. The molecule has 206 valence electrons. The first kappa shape index (κ1) is 26.3. The van der Waals surface area contributed by atoms with Gasteiger partial charge in [-0.2, -0.15) is 0 Å². The van der Waals surface area contributed by atoms with E-state index in [-0.39, 0.29) is 17.6 Å². The summed E-state index contributed by atoms with van der Waals surface area (Å²) in [7, 11) is 0. The van der Waals surface area contributed by atoms with Crippen LogP contribution in [0.15, 0.2) is 78.6 Å². The Morgan fingerprint density at radius 2 is 1.65 bits per heavy atom. The van der Waals surface area contributed by atoms with Gasteiger partial charge in [0.1, 0.15) is 0 Å². The molecule has 6 heteroatoms. The predicted octanol–water partition coefficient (Wildman–Crippen LogP) is 6.05. The molecule has 0 N–H and O–H groups in total. The molecule has 2 fully saturated rings. The summed E-state index contributed by atoms with van der Waals surface area (Å²) in [5.74, 6) is 0.811. The van der Waals surface area contributed by atoms with Crippen LogP contribution in [-0.4, -0.2) is 53.8 Å². The third-order valence-electron chi connectivity index (χ3n) is 8.40. The highest BCUT2D eigenvalue weighted by molar-refractivity contribution is 6.09. The van der Waals surface area contributed by atoms with Gasteiger partial charge < -0.3 is 9.64 Å². The van der Waals surface area contributed by atoms with Crippen molar-refractivity contribution in [3.05, 3.63) is 101 Å². The zero-order valence-corrected chi connectivity index (χ0v) is 23.2. The second-order valence-electron chi connectivity index (χ2n) is 11.2. The SMILES string of the molecule is Cc1cccc(CN2C(=O)/C(=C\c3ccc(C(=O)N4CCN(C5CCCCC5)CC4)cc3)Oc3ccccc32)c1. The van der Waals surface area contributed by atoms with Gasteiger partial charge in [-0.3, -0.25) is 19.4 Å². The number of piperazine rings is 1. The predicted molar refractivity (Wildman–Crippen MR) is 158 cm³/mol. The number of hydrogen-bond donors (Lipinski definition) is 0. The van der Waals surface area contributed by atoms with Gasteiger partial charge in [0, 0.05) is 37.8 Å². The number of fused-ring (bicyclic) bond motifs is 1. The Hall–Kier alpha value is -3.90. The number of ether oxygens (including phenoxy) is 1. The van der Waals surface area contributed by atoms with Gasteiger partial charge in [-0.1, -0.05) is 73.4 Å². The highest BCUT2D eigenvalue weighted by atomic mass is 16.5. The van der Waals surface area contributed by atoms with Gasteiger partial charge in [-0.25, -0.2) is 0 Å². The van der Waals surface area contributed by atoms with E-state index < -0.39 is 0 Å². The topological polar surface area (TPSA) is 53.1 Å². The van der Waals surface area contributed by atoms with Crippen molar-refractivity contribution in [2.45, 2.75) is 51.6 Å². The lowest BCUT2D eigenvalue weighted by Crippen LogP contribution is -2.52. The number of hydrogen-bond acceptors (Lipinski definition) is 4. The van der Waals surface area contributed by atoms with Crippen LogP contribution < -0.4 is 9.64 Å². The second-order valence-corrected chi connectivity index (χ2v) is 11.2. The molecule has 0 aromatic heterocycles. The molecule has 6 rings (SSSR count). The molecular formula is C34H37N3O3. The smallest absolute Gasteiger partial charge is 0.294 e. The van der Waals surface area contributed by atoms with E-state index in [0.29, 0.717) is 23.9 Å². The van der Waals surface area contributed by atoms with Crippen LogP contribution in [0.4, 0.5) is 5.69 Å². The Kier molecular flexibility index (Phi) is 7.69. The van der Waals surface area contributed by atoms with E-state index in [9.17, 15) is 9.59 Å². The number of carbonyl (C=O) groups is 2. The van der Waals surface area contributed by atoms with E-state index in [4.69, 9.17) is 4.74 Å². The minimum absolute atomic E-state index is 0.0748. The van der Waals surface area contributed by atoms with Gasteiger partial charge in [0.15, 0.2) is 11.5 Å². The van der Waals surface area contributed by atoms with Crippen molar-refractivity contribution >= 4 is 23.6 Å². The molecule has 3 aliphatic rings. The zero-order valence-electron chi connectivity index (χ0n) is 23.2. The van der Waals surface area contributed by atoms with E-state index in [0.717, 1.165) is 48.6 Å². The van der Waals surface area contributed by atoms with Gasteiger partial charge in [-0.15, -0.1) is 0 Å². The van der Waals surface area contributed by atoms with E-state index in [1.165, 1.54) is 32.1 Å². The van der Waals surface area contributed by atoms with Crippen molar-refractivity contribution < 1.29 is 14.3 Å². The Morgan fingerprint density at radius 1 is 0.900 bits per heavy atom. The maximum absolute atomic E-state index is 13.6. The standard InChI is InChI=1S/C34H37N3O3/c1-25-8-7-9-27(22-25)24-37-30-12-5-6-13-31(30)40-32(34(37)39)23-26-14-16-28(17-15-26)33(38)36-20-18-35(19-21-36)29-10-3-2-4-11-29/h5-9,12-17,22-23,29H,2-4,10-11,18-21,24H2,1H3/b32-23+. The summed E-state index contributed by atoms with van der Waals surface area (Å²) < 4.78 is 6.06. The number of para-hydroxylation sites is 2. The fraction of sp³-hybridized carbons (Fsp3) is 0.353. The number of carbonyl (C=O) groups excluding carboxylic acids is 2. The molecular weight excluding hydrogens is 498 g/mol. The van der Waals surface area contributed by atoms with Crippen molar-refractivity contribution in [1.82, 2.24) is 9.80 Å². The molecule has 1 aliphatic carbocycles. The molecule has 6 nitrogen and oxygen atoms in total. The van der Waals surface area contributed by atoms with E-state index in [1.54, 1.807) is 11.0 Å². The Bertz CT molecular complexity index is 1400. The van der Waals surface area contributed by atoms with Gasteiger partial charge >= 0.3 is 0 Å². The quantitative estimate of drug-likeness (QED) is 0.373. The normalized spacial score (nSPS) is 19.4. The second kappa shape index (κ2) is 11.7. The van der Waals surface area contributed by atoms with E-state index in [2.05, 4.69) is 24.0 Å². The minimum atomic E-state index is -0.184. The van der Waals surface area contributed by atoms with Crippen molar-refractivity contribution in [3.8, 4) is 5.75 Å². The molecule has 0 unspecified atom stereocenters. The molecule has 0 radical (unpaired) electrons. The van der Waals surface area contributed by atoms with Crippen LogP contribution in [0.3, 0.4) is 0 Å². The van der Waals surface area contributed by atoms with Gasteiger partial charge in [0.25, 0.3) is 11.8 Å². The van der Waals surface area contributed by atoms with E-state index in [1.807, 2.05) is 65.6 Å². The first-order valence-electron chi connectivity index (χ1n) is 14.5. The van der Waals surface area contributed by atoms with Crippen molar-refractivity contribution in [3.63, 3.8) is 0 Å². The molecule has 40 heavy (non-hydrogen) atoms. The summed E-state index contributed by atoms with van der Waals surface area (Å²) in [4.78, 5) is 33.1. The summed E-state index contributed by atoms with van der Waals surface area (Å²) in [5, 5.41) is 0. The first-order chi connectivity index (χ1) is 19.5. The number of amides is 2. The highest BCUT2D eigenvalue weighted by Crippen LogP contribution is 2.36. The molecule has 2 amide bonds. The summed E-state index contributed by atoms with van der Waals surface area (Å²) in [6.07, 6.45) is 8.39. The summed E-state index contributed by atoms with van der Waals surface area (Å²) in [5.41, 5.74) is 4.47. The van der Waals surface area contributed by atoms with Crippen LogP contribution >= 0.6 is 0 Å². The first-order valence-corrected chi connectivity index (χ1v) is 14.5. The maximum Gasteiger partial charge on any atom is 0.294 e. The average molecular weight is 536 g/mol. The number of benzene rings is 3. The van der Waals surface area contributed by atoms with Crippen LogP contribution in [0.2, 0.25) is 0 Å². The summed E-state index contributed by atoms with van der Waals surface area (Å²) in [6, 6.07) is 24.0. The molecule has 0 bridgehead atoms. The largest absolute Gasteiger partial charge is 0.449 e. The molecule has 0 atom stereocenters. The average Bonchev–Trinajstić information content (AvgIpc) is 3.00. The van der Waals surface area contributed by atoms with E-state index >= 15 is 0 Å². The van der Waals surface area contributed by atoms with Gasteiger partial charge in [0.2, 0.25) is 0 Å². The molecule has 3 aromatic carbocycles. The molecule has 1 saturated heterocycles. The van der Waals surface area contributed by atoms with Gasteiger partial charge in [0.05, 0.1) is 12.2 Å². The van der Waals surface area contributed by atoms with Crippen LogP contribution in [0.5, 0.6) is 5.75 Å². The Morgan fingerprint density at radius 3 is 2.40 bits per heavy atom. The molecule has 0 spiro atoms. The highest BCUT2D eigenvalue weighted by Gasteiger charge is 2.31. The van der Waals surface area contributed by atoms with Crippen LogP contribution in [0, 0.1) is 6.92 Å². The van der Waals surface area contributed by atoms with Crippen LogP contribution in [-0.2, 0) is 11.3 Å². The summed E-state index contributed by atoms with van der Waals surface area (Å²) >= 11 is 0. The molecule has 2 heterocycles. The number of anilines is 1. The lowest BCUT2D eigenvalue weighted by Gasteiger charge is -2.40. The fourth-order valence-electron chi connectivity index (χ4n) is 6.20. The summed E-state index contributed by atoms with van der Waals surface area (Å²) in [6.45, 7) is 5.98. The third-order valence-corrected chi connectivity index (χ3v) is 8.40. The fourth-order valence-corrected chi connectivity index (χ4v) is 6.20. The molecule has 1 saturated carbocycles. The monoisotopic (exact) mass is 535 g/mol. The van der Waals surface area contributed by atoms with Crippen LogP contribution in [0.25, 0.3) is 6.08 Å². The molecule has 3 aromatic rings. The number of nitrogens with zero attached hydrogens (tertiary/aromatic N) is 3. The van der Waals surface area contributed by atoms with Crippen molar-refractivity contribution in [1.29, 1.82) is 0 Å². The zero-order chi connectivity index (χ0) is 27.5. The third kappa shape index (κ3) is 5.68. The number of aryl methyl sites for hydroxylation is 1. The minimum Gasteiger partial charge on any atom is -0.449 e. The number of rotatable bonds is 5. The lowest BCUT2D eigenvalue weighted by molar-refractivity contribution is -0.117. The Labute approximate surface area is 236 Å². The van der Waals surface area contributed by atoms with Crippen molar-refractivity contribution in [2.75, 3.05) is 31.1 Å². The van der Waals surface area contributed by atoms with Gasteiger partial charge in [-0.05, 0) is 61.2 Å².